The molecule has 3 nitrogen and oxygen atoms in total. The van der Waals surface area contributed by atoms with Crippen molar-refractivity contribution in [2.75, 3.05) is 7.11 Å². The van der Waals surface area contributed by atoms with E-state index in [0.29, 0.717) is 17.3 Å². The Morgan fingerprint density at radius 1 is 1.62 bits per heavy atom. The van der Waals surface area contributed by atoms with Gasteiger partial charge in [-0.15, -0.1) is 0 Å². The zero-order valence-corrected chi connectivity index (χ0v) is 7.84. The minimum Gasteiger partial charge on any atom is -0.495 e. The number of hydrogen-bond acceptors (Lipinski definition) is 3. The van der Waals surface area contributed by atoms with E-state index in [0.717, 1.165) is 5.56 Å². The summed E-state index contributed by atoms with van der Waals surface area (Å²) in [7, 11) is 1.55. The third-order valence-electron chi connectivity index (χ3n) is 1.54. The number of ether oxygens (including phenoxy) is 1. The van der Waals surface area contributed by atoms with Gasteiger partial charge in [-0.25, -0.2) is 9.79 Å². The molecule has 13 heavy (non-hydrogen) atoms. The van der Waals surface area contributed by atoms with Gasteiger partial charge >= 0.3 is 0 Å². The predicted octanol–water partition coefficient (Wildman–Crippen LogP) is 2.18. The topological polar surface area (TPSA) is 38.7 Å². The van der Waals surface area contributed by atoms with E-state index in [-0.39, 0.29) is 0 Å². The number of rotatable bonds is 3. The first-order valence-corrected chi connectivity index (χ1v) is 4.01. The maximum absolute atomic E-state index is 9.84. The predicted molar refractivity (Wildman–Crippen MR) is 49.8 cm³/mol. The second-order valence-electron chi connectivity index (χ2n) is 2.38. The first-order valence-electron chi connectivity index (χ1n) is 3.64. The molecular weight excluding hydrogens is 190 g/mol. The van der Waals surface area contributed by atoms with E-state index >= 15 is 0 Å². The van der Waals surface area contributed by atoms with Crippen molar-refractivity contribution in [1.82, 2.24) is 0 Å². The second kappa shape index (κ2) is 4.65. The molecule has 0 bridgehead atoms. The van der Waals surface area contributed by atoms with Gasteiger partial charge in [0.1, 0.15) is 5.75 Å². The highest BCUT2D eigenvalue weighted by molar-refractivity contribution is 6.32. The third-order valence-corrected chi connectivity index (χ3v) is 1.84. The normalized spacial score (nSPS) is 9.08. The molecule has 1 aromatic carbocycles. The van der Waals surface area contributed by atoms with Crippen LogP contribution in [-0.4, -0.2) is 13.2 Å². The van der Waals surface area contributed by atoms with Crippen LogP contribution in [0.4, 0.5) is 0 Å². The Bertz CT molecular complexity index is 345. The average molecular weight is 198 g/mol. The van der Waals surface area contributed by atoms with E-state index in [4.69, 9.17) is 16.3 Å². The Kier molecular flexibility index (Phi) is 3.50. The first kappa shape index (κ1) is 9.78. The number of isocyanates is 1. The highest BCUT2D eigenvalue weighted by Gasteiger charge is 2.00. The van der Waals surface area contributed by atoms with E-state index in [1.807, 2.05) is 0 Å². The van der Waals surface area contributed by atoms with Crippen molar-refractivity contribution in [2.45, 2.75) is 6.54 Å². The first-order chi connectivity index (χ1) is 6.27. The minimum absolute atomic E-state index is 0.299. The number of halogens is 1. The summed E-state index contributed by atoms with van der Waals surface area (Å²) < 4.78 is 4.96. The molecule has 0 spiro atoms. The second-order valence-corrected chi connectivity index (χ2v) is 2.78. The summed E-state index contributed by atoms with van der Waals surface area (Å²) in [5.74, 6) is 0.612. The number of methoxy groups -OCH3 is 1. The summed E-state index contributed by atoms with van der Waals surface area (Å²) >= 11 is 5.84. The molecule has 0 amide bonds. The van der Waals surface area contributed by atoms with Gasteiger partial charge in [-0.1, -0.05) is 17.7 Å². The fourth-order valence-electron chi connectivity index (χ4n) is 0.932. The standard InChI is InChI=1S/C9H8ClNO2/c1-13-9-3-2-7(4-8(9)10)5-11-6-12/h2-4H,5H2,1H3. The molecule has 0 fully saturated rings. The molecule has 0 aliphatic carbocycles. The zero-order valence-electron chi connectivity index (χ0n) is 7.08. The molecule has 4 heteroatoms. The van der Waals surface area contributed by atoms with Gasteiger partial charge in [-0.2, -0.15) is 0 Å². The van der Waals surface area contributed by atoms with Crippen LogP contribution >= 0.6 is 11.6 Å². The molecule has 0 radical (unpaired) electrons. The SMILES string of the molecule is COc1ccc(CN=C=O)cc1Cl. The van der Waals surface area contributed by atoms with Crippen molar-refractivity contribution >= 4 is 17.7 Å². The smallest absolute Gasteiger partial charge is 0.235 e. The molecule has 68 valence electrons. The van der Waals surface area contributed by atoms with Gasteiger partial charge in [0.05, 0.1) is 18.7 Å². The summed E-state index contributed by atoms with van der Waals surface area (Å²) in [6.45, 7) is 0.299. The summed E-state index contributed by atoms with van der Waals surface area (Å²) in [6.07, 6.45) is 1.46. The lowest BCUT2D eigenvalue weighted by molar-refractivity contribution is 0.415. The Morgan fingerprint density at radius 2 is 2.38 bits per heavy atom. The number of carbonyl (C=O) groups excluding carboxylic acids is 1. The van der Waals surface area contributed by atoms with Crippen LogP contribution in [0, 0.1) is 0 Å². The van der Waals surface area contributed by atoms with Gasteiger partial charge in [0.2, 0.25) is 6.08 Å². The highest BCUT2D eigenvalue weighted by Crippen LogP contribution is 2.24. The number of nitrogens with zero attached hydrogens (tertiary/aromatic N) is 1. The van der Waals surface area contributed by atoms with Gasteiger partial charge < -0.3 is 4.74 Å². The number of aliphatic imine (C=N–C) groups is 1. The minimum atomic E-state index is 0.299. The Labute approximate surface area is 81.0 Å². The van der Waals surface area contributed by atoms with E-state index in [1.54, 1.807) is 25.3 Å². The molecule has 0 aliphatic heterocycles. The van der Waals surface area contributed by atoms with Crippen LogP contribution in [0.5, 0.6) is 5.75 Å². The maximum atomic E-state index is 9.84. The Morgan fingerprint density at radius 3 is 2.92 bits per heavy atom. The molecule has 0 atom stereocenters. The van der Waals surface area contributed by atoms with Crippen LogP contribution in [0.1, 0.15) is 5.56 Å². The van der Waals surface area contributed by atoms with Gasteiger partial charge in [-0.3, -0.25) is 0 Å². The number of hydrogen-bond donors (Lipinski definition) is 0. The van der Waals surface area contributed by atoms with Crippen molar-refractivity contribution in [3.63, 3.8) is 0 Å². The van der Waals surface area contributed by atoms with Crippen molar-refractivity contribution in [3.05, 3.63) is 28.8 Å². The van der Waals surface area contributed by atoms with Crippen LogP contribution in [-0.2, 0) is 11.3 Å². The molecule has 1 rings (SSSR count). The Balaban J connectivity index is 2.88. The van der Waals surface area contributed by atoms with Crippen molar-refractivity contribution in [2.24, 2.45) is 4.99 Å². The monoisotopic (exact) mass is 197 g/mol. The van der Waals surface area contributed by atoms with Crippen molar-refractivity contribution in [1.29, 1.82) is 0 Å². The average Bonchev–Trinajstić information content (AvgIpc) is 2.15. The quantitative estimate of drug-likeness (QED) is 0.550. The fourth-order valence-corrected chi connectivity index (χ4v) is 1.21. The lowest BCUT2D eigenvalue weighted by Gasteiger charge is -2.03. The molecule has 0 aromatic heterocycles. The third kappa shape index (κ3) is 2.58. The fraction of sp³-hybridized carbons (Fsp3) is 0.222. The molecule has 0 aliphatic rings. The van der Waals surface area contributed by atoms with Crippen LogP contribution in [0.25, 0.3) is 0 Å². The molecule has 1 aromatic rings. The van der Waals surface area contributed by atoms with Gasteiger partial charge in [-0.05, 0) is 17.7 Å². The van der Waals surface area contributed by atoms with Crippen LogP contribution in [0.2, 0.25) is 5.02 Å². The van der Waals surface area contributed by atoms with E-state index < -0.39 is 0 Å². The summed E-state index contributed by atoms with van der Waals surface area (Å²) in [5, 5.41) is 0.515. The lowest BCUT2D eigenvalue weighted by atomic mass is 10.2. The lowest BCUT2D eigenvalue weighted by Crippen LogP contribution is -1.86. The number of benzene rings is 1. The largest absolute Gasteiger partial charge is 0.495 e. The molecular formula is C9H8ClNO2. The zero-order chi connectivity index (χ0) is 9.68. The molecule has 0 N–H and O–H groups in total. The molecule has 0 heterocycles. The summed E-state index contributed by atoms with van der Waals surface area (Å²) in [5.41, 5.74) is 0.856. The van der Waals surface area contributed by atoms with E-state index in [1.165, 1.54) is 6.08 Å². The van der Waals surface area contributed by atoms with Crippen molar-refractivity contribution < 1.29 is 9.53 Å². The van der Waals surface area contributed by atoms with Crippen molar-refractivity contribution in [3.8, 4) is 5.75 Å². The van der Waals surface area contributed by atoms with E-state index in [2.05, 4.69) is 4.99 Å². The van der Waals surface area contributed by atoms with Gasteiger partial charge in [0.15, 0.2) is 0 Å². The molecule has 0 saturated carbocycles. The molecule has 0 saturated heterocycles. The Hall–Kier alpha value is -1.31. The maximum Gasteiger partial charge on any atom is 0.235 e. The highest BCUT2D eigenvalue weighted by atomic mass is 35.5. The van der Waals surface area contributed by atoms with Gasteiger partial charge in [0.25, 0.3) is 0 Å². The van der Waals surface area contributed by atoms with Gasteiger partial charge in [0, 0.05) is 0 Å². The van der Waals surface area contributed by atoms with E-state index in [9.17, 15) is 4.79 Å². The van der Waals surface area contributed by atoms with Crippen LogP contribution < -0.4 is 4.74 Å². The van der Waals surface area contributed by atoms with Crippen LogP contribution in [0.3, 0.4) is 0 Å². The summed E-state index contributed by atoms with van der Waals surface area (Å²) in [6, 6.07) is 5.24. The molecule has 0 unspecified atom stereocenters. The summed E-state index contributed by atoms with van der Waals surface area (Å²) in [4.78, 5) is 13.3. The van der Waals surface area contributed by atoms with Crippen LogP contribution in [0.15, 0.2) is 23.2 Å².